The van der Waals surface area contributed by atoms with Crippen molar-refractivity contribution in [3.8, 4) is 0 Å². The number of hydrogen-bond donors (Lipinski definition) is 2. The Bertz CT molecular complexity index is 681. The van der Waals surface area contributed by atoms with E-state index in [1.807, 2.05) is 12.1 Å². The van der Waals surface area contributed by atoms with Crippen molar-refractivity contribution in [3.05, 3.63) is 59.5 Å². The van der Waals surface area contributed by atoms with Crippen LogP contribution in [-0.4, -0.2) is 30.5 Å². The van der Waals surface area contributed by atoms with E-state index in [1.165, 1.54) is 43.5 Å². The first-order chi connectivity index (χ1) is 12.8. The Morgan fingerprint density at radius 3 is 2.52 bits per heavy atom. The number of hydrogen-bond acceptors (Lipinski definition) is 3. The molecule has 2 heterocycles. The van der Waals surface area contributed by atoms with Crippen LogP contribution >= 0.6 is 24.0 Å². The third-order valence-electron chi connectivity index (χ3n) is 4.72. The van der Waals surface area contributed by atoms with Crippen LogP contribution in [0.15, 0.2) is 52.1 Å². The maximum atomic E-state index is 5.38. The van der Waals surface area contributed by atoms with Gasteiger partial charge in [0, 0.05) is 13.1 Å². The fourth-order valence-electron chi connectivity index (χ4n) is 3.31. The van der Waals surface area contributed by atoms with Crippen LogP contribution in [0.4, 0.5) is 0 Å². The molecule has 1 aromatic carbocycles. The molecule has 1 fully saturated rings. The van der Waals surface area contributed by atoms with Gasteiger partial charge in [0.15, 0.2) is 5.96 Å². The summed E-state index contributed by atoms with van der Waals surface area (Å²) in [6.07, 6.45) is 5.71. The molecule has 0 aliphatic carbocycles. The van der Waals surface area contributed by atoms with Gasteiger partial charge >= 0.3 is 0 Å². The van der Waals surface area contributed by atoms with Gasteiger partial charge < -0.3 is 15.1 Å². The Balaban J connectivity index is 0.00000261. The van der Waals surface area contributed by atoms with Crippen LogP contribution in [0.2, 0.25) is 0 Å². The molecule has 3 rings (SSSR count). The van der Waals surface area contributed by atoms with Crippen molar-refractivity contribution in [1.82, 2.24) is 15.5 Å². The van der Waals surface area contributed by atoms with Gasteiger partial charge in [-0.25, -0.2) is 4.99 Å². The van der Waals surface area contributed by atoms with E-state index in [-0.39, 0.29) is 24.0 Å². The Labute approximate surface area is 179 Å². The maximum absolute atomic E-state index is 5.38. The molecule has 1 saturated heterocycles. The van der Waals surface area contributed by atoms with Crippen LogP contribution in [0.1, 0.15) is 43.1 Å². The molecule has 0 radical (unpaired) electrons. The monoisotopic (exact) mass is 482 g/mol. The molecule has 2 N–H and O–H groups in total. The molecule has 1 aromatic heterocycles. The summed E-state index contributed by atoms with van der Waals surface area (Å²) in [4.78, 5) is 7.33. The minimum atomic E-state index is 0. The first-order valence-electron chi connectivity index (χ1n) is 9.69. The van der Waals surface area contributed by atoms with Gasteiger partial charge in [-0.15, -0.1) is 24.0 Å². The molecule has 0 bridgehead atoms. The van der Waals surface area contributed by atoms with E-state index in [0.717, 1.165) is 24.8 Å². The van der Waals surface area contributed by atoms with Gasteiger partial charge in [0.25, 0.3) is 0 Å². The number of benzene rings is 1. The summed E-state index contributed by atoms with van der Waals surface area (Å²) in [6.45, 7) is 7.68. The van der Waals surface area contributed by atoms with Crippen molar-refractivity contribution in [2.75, 3.05) is 19.6 Å². The third kappa shape index (κ3) is 7.18. The summed E-state index contributed by atoms with van der Waals surface area (Å²) in [7, 11) is 0. The molecule has 1 aliphatic heterocycles. The SMILES string of the molecule is CCNC(=NCc1ccccc1CN1CCCCC1)NCc1ccco1.I. The van der Waals surface area contributed by atoms with E-state index in [0.29, 0.717) is 13.1 Å². The van der Waals surface area contributed by atoms with Gasteiger partial charge in [-0.2, -0.15) is 0 Å². The minimum Gasteiger partial charge on any atom is -0.467 e. The molecule has 6 heteroatoms. The van der Waals surface area contributed by atoms with Crippen molar-refractivity contribution >= 4 is 29.9 Å². The average Bonchev–Trinajstić information content (AvgIpc) is 3.19. The predicted molar refractivity (Wildman–Crippen MR) is 121 cm³/mol. The Morgan fingerprint density at radius 2 is 1.81 bits per heavy atom. The minimum absolute atomic E-state index is 0. The summed E-state index contributed by atoms with van der Waals surface area (Å²) in [5.41, 5.74) is 2.69. The first-order valence-corrected chi connectivity index (χ1v) is 9.69. The Kier molecular flexibility index (Phi) is 9.69. The molecule has 2 aromatic rings. The number of nitrogens with one attached hydrogen (secondary N) is 2. The van der Waals surface area contributed by atoms with Gasteiger partial charge in [0.1, 0.15) is 5.76 Å². The maximum Gasteiger partial charge on any atom is 0.191 e. The summed E-state index contributed by atoms with van der Waals surface area (Å²) in [5.74, 6) is 1.72. The van der Waals surface area contributed by atoms with Crippen LogP contribution in [0, 0.1) is 0 Å². The van der Waals surface area contributed by atoms with E-state index >= 15 is 0 Å². The molecule has 148 valence electrons. The van der Waals surface area contributed by atoms with Crippen molar-refractivity contribution in [2.45, 2.75) is 45.8 Å². The van der Waals surface area contributed by atoms with Gasteiger partial charge in [-0.1, -0.05) is 30.7 Å². The largest absolute Gasteiger partial charge is 0.467 e. The summed E-state index contributed by atoms with van der Waals surface area (Å²) in [5, 5.41) is 6.63. The van der Waals surface area contributed by atoms with Crippen molar-refractivity contribution < 1.29 is 4.42 Å². The van der Waals surface area contributed by atoms with Crippen molar-refractivity contribution in [1.29, 1.82) is 0 Å². The van der Waals surface area contributed by atoms with Crippen molar-refractivity contribution in [3.63, 3.8) is 0 Å². The third-order valence-corrected chi connectivity index (χ3v) is 4.72. The highest BCUT2D eigenvalue weighted by Crippen LogP contribution is 2.16. The number of likely N-dealkylation sites (tertiary alicyclic amines) is 1. The van der Waals surface area contributed by atoms with Crippen LogP contribution in [0.3, 0.4) is 0 Å². The standard InChI is InChI=1S/C21H30N4O.HI/c1-2-22-21(24-16-20-11-8-14-26-20)23-15-18-9-4-5-10-19(18)17-25-12-6-3-7-13-25;/h4-5,8-11,14H,2-3,6-7,12-13,15-17H2,1H3,(H2,22,23,24);1H. The lowest BCUT2D eigenvalue weighted by Crippen LogP contribution is -2.36. The van der Waals surface area contributed by atoms with Gasteiger partial charge in [0.2, 0.25) is 0 Å². The molecule has 0 spiro atoms. The van der Waals surface area contributed by atoms with Crippen LogP contribution < -0.4 is 10.6 Å². The second-order valence-electron chi connectivity index (χ2n) is 6.73. The molecule has 5 nitrogen and oxygen atoms in total. The van der Waals surface area contributed by atoms with Crippen LogP contribution in [-0.2, 0) is 19.6 Å². The molecule has 0 unspecified atom stereocenters. The molecule has 1 aliphatic rings. The number of piperidine rings is 1. The Morgan fingerprint density at radius 1 is 1.04 bits per heavy atom. The molecule has 0 amide bonds. The summed E-state index contributed by atoms with van der Waals surface area (Å²) < 4.78 is 5.38. The number of furan rings is 1. The molecule has 0 saturated carbocycles. The number of halogens is 1. The van der Waals surface area contributed by atoms with E-state index in [9.17, 15) is 0 Å². The van der Waals surface area contributed by atoms with E-state index < -0.39 is 0 Å². The second kappa shape index (κ2) is 12.0. The number of guanidine groups is 1. The average molecular weight is 482 g/mol. The van der Waals surface area contributed by atoms with Gasteiger partial charge in [0.05, 0.1) is 19.4 Å². The highest BCUT2D eigenvalue weighted by molar-refractivity contribution is 14.0. The quantitative estimate of drug-likeness (QED) is 0.354. The number of aliphatic imine (C=N–C) groups is 1. The summed E-state index contributed by atoms with van der Waals surface area (Å²) >= 11 is 0. The number of nitrogens with zero attached hydrogens (tertiary/aromatic N) is 2. The lowest BCUT2D eigenvalue weighted by atomic mass is 10.1. The highest BCUT2D eigenvalue weighted by Gasteiger charge is 2.12. The Hall–Kier alpha value is -1.54. The topological polar surface area (TPSA) is 52.8 Å². The molecular formula is C21H31IN4O. The summed E-state index contributed by atoms with van der Waals surface area (Å²) in [6, 6.07) is 12.5. The fraction of sp³-hybridized carbons (Fsp3) is 0.476. The lowest BCUT2D eigenvalue weighted by Gasteiger charge is -2.27. The smallest absolute Gasteiger partial charge is 0.191 e. The highest BCUT2D eigenvalue weighted by atomic mass is 127. The molecule has 27 heavy (non-hydrogen) atoms. The zero-order valence-electron chi connectivity index (χ0n) is 16.1. The first kappa shape index (κ1) is 21.8. The van der Waals surface area contributed by atoms with Crippen LogP contribution in [0.25, 0.3) is 0 Å². The second-order valence-corrected chi connectivity index (χ2v) is 6.73. The van der Waals surface area contributed by atoms with Crippen LogP contribution in [0.5, 0.6) is 0 Å². The molecular weight excluding hydrogens is 451 g/mol. The molecule has 0 atom stereocenters. The number of rotatable bonds is 7. The zero-order chi connectivity index (χ0) is 18.0. The fourth-order valence-corrected chi connectivity index (χ4v) is 3.31. The van der Waals surface area contributed by atoms with E-state index in [1.54, 1.807) is 6.26 Å². The zero-order valence-corrected chi connectivity index (χ0v) is 18.4. The van der Waals surface area contributed by atoms with E-state index in [2.05, 4.69) is 46.7 Å². The van der Waals surface area contributed by atoms with E-state index in [4.69, 9.17) is 9.41 Å². The normalized spacial score (nSPS) is 15.2. The van der Waals surface area contributed by atoms with Gasteiger partial charge in [-0.05, 0) is 56.1 Å². The lowest BCUT2D eigenvalue weighted by molar-refractivity contribution is 0.220. The van der Waals surface area contributed by atoms with Crippen molar-refractivity contribution in [2.24, 2.45) is 4.99 Å². The van der Waals surface area contributed by atoms with Gasteiger partial charge in [-0.3, -0.25) is 4.90 Å². The predicted octanol–water partition coefficient (Wildman–Crippen LogP) is 4.14.